The number of amides is 2. The molecule has 0 spiro atoms. The number of carbonyl (C=O) groups is 2. The second-order valence-electron chi connectivity index (χ2n) is 7.28. The molecule has 0 saturated carbocycles. The number of halogens is 5. The summed E-state index contributed by atoms with van der Waals surface area (Å²) in [5, 5.41) is 5.23. The van der Waals surface area contributed by atoms with E-state index in [9.17, 15) is 27.2 Å². The van der Waals surface area contributed by atoms with Gasteiger partial charge in [0.2, 0.25) is 5.91 Å². The van der Waals surface area contributed by atoms with E-state index in [4.69, 9.17) is 21.1 Å². The molecule has 1 aliphatic rings. The quantitative estimate of drug-likeness (QED) is 0.583. The normalized spacial score (nSPS) is 18.5. The van der Waals surface area contributed by atoms with Crippen molar-refractivity contribution in [3.8, 4) is 5.75 Å². The van der Waals surface area contributed by atoms with Gasteiger partial charge in [-0.3, -0.25) is 14.6 Å². The van der Waals surface area contributed by atoms with Crippen LogP contribution in [-0.4, -0.2) is 42.2 Å². The van der Waals surface area contributed by atoms with Crippen LogP contribution in [0.1, 0.15) is 24.1 Å². The number of rotatable bonds is 7. The van der Waals surface area contributed by atoms with Crippen LogP contribution in [0, 0.1) is 5.82 Å². The molecule has 2 aromatic rings. The van der Waals surface area contributed by atoms with Crippen LogP contribution < -0.4 is 15.4 Å². The molecule has 2 N–H and O–H groups in total. The van der Waals surface area contributed by atoms with Gasteiger partial charge in [-0.05, 0) is 37.1 Å². The van der Waals surface area contributed by atoms with Gasteiger partial charge in [0.15, 0.2) is 6.61 Å². The largest absolute Gasteiger partial charge is 0.484 e. The minimum absolute atomic E-state index is 0.0420. The molecule has 1 saturated heterocycles. The maximum Gasteiger partial charge on any atom is 0.417 e. The van der Waals surface area contributed by atoms with E-state index in [0.29, 0.717) is 19.0 Å². The van der Waals surface area contributed by atoms with Crippen LogP contribution in [-0.2, 0) is 27.0 Å². The molecule has 2 atom stereocenters. The number of hydrogen-bond donors (Lipinski definition) is 2. The van der Waals surface area contributed by atoms with E-state index in [1.165, 1.54) is 18.2 Å². The standard InChI is InChI=1S/C21H20ClF4N3O4/c22-16-5-4-15(7-17(16)23)32-11-19(30)29-14-3-6-18(33-10-14)20(31)28-9-13-2-1-12(8-27-13)21(24,25)26/h1-2,4-5,7-8,14,18H,3,6,9-11H2,(H,28,31)(H,29,30)/t14?,18-/m1/s1. The predicted octanol–water partition coefficient (Wildman–Crippen LogP) is 3.25. The number of ether oxygens (including phenoxy) is 2. The van der Waals surface area contributed by atoms with Gasteiger partial charge in [-0.1, -0.05) is 11.6 Å². The number of benzene rings is 1. The summed E-state index contributed by atoms with van der Waals surface area (Å²) in [7, 11) is 0. The zero-order valence-electron chi connectivity index (χ0n) is 17.1. The summed E-state index contributed by atoms with van der Waals surface area (Å²) in [6.45, 7) is -0.279. The monoisotopic (exact) mass is 489 g/mol. The topological polar surface area (TPSA) is 89.5 Å². The molecule has 1 unspecified atom stereocenters. The Balaban J connectivity index is 1.36. The SMILES string of the molecule is O=C(COc1ccc(Cl)c(F)c1)NC1CC[C@H](C(=O)NCc2ccc(C(F)(F)F)cn2)OC1. The molecular formula is C21H20ClF4N3O4. The van der Waals surface area contributed by atoms with Gasteiger partial charge in [0, 0.05) is 12.3 Å². The molecule has 0 radical (unpaired) electrons. The number of carbonyl (C=O) groups excluding carboxylic acids is 2. The summed E-state index contributed by atoms with van der Waals surface area (Å²) >= 11 is 5.59. The average Bonchev–Trinajstić information content (AvgIpc) is 2.78. The highest BCUT2D eigenvalue weighted by Gasteiger charge is 2.31. The molecule has 1 aromatic carbocycles. The van der Waals surface area contributed by atoms with Crippen LogP contribution in [0.3, 0.4) is 0 Å². The molecule has 33 heavy (non-hydrogen) atoms. The summed E-state index contributed by atoms with van der Waals surface area (Å²) < 4.78 is 61.8. The maximum absolute atomic E-state index is 13.4. The second-order valence-corrected chi connectivity index (χ2v) is 7.69. The van der Waals surface area contributed by atoms with Crippen molar-refractivity contribution in [2.24, 2.45) is 0 Å². The maximum atomic E-state index is 13.4. The van der Waals surface area contributed by atoms with Crippen molar-refractivity contribution in [3.63, 3.8) is 0 Å². The third kappa shape index (κ3) is 7.29. The van der Waals surface area contributed by atoms with Gasteiger partial charge in [-0.15, -0.1) is 0 Å². The molecule has 12 heteroatoms. The van der Waals surface area contributed by atoms with E-state index < -0.39 is 35.5 Å². The van der Waals surface area contributed by atoms with Crippen LogP contribution in [0.5, 0.6) is 5.75 Å². The average molecular weight is 490 g/mol. The van der Waals surface area contributed by atoms with Gasteiger partial charge in [-0.2, -0.15) is 13.2 Å². The van der Waals surface area contributed by atoms with E-state index in [1.54, 1.807) is 0 Å². The van der Waals surface area contributed by atoms with Crippen molar-refractivity contribution in [3.05, 3.63) is 58.6 Å². The summed E-state index contributed by atoms with van der Waals surface area (Å²) in [6.07, 6.45) is -3.71. The van der Waals surface area contributed by atoms with Gasteiger partial charge in [0.1, 0.15) is 17.7 Å². The minimum atomic E-state index is -4.48. The fourth-order valence-corrected chi connectivity index (χ4v) is 3.16. The highest BCUT2D eigenvalue weighted by atomic mass is 35.5. The highest BCUT2D eigenvalue weighted by molar-refractivity contribution is 6.30. The number of nitrogens with one attached hydrogen (secondary N) is 2. The molecule has 0 bridgehead atoms. The number of nitrogens with zero attached hydrogens (tertiary/aromatic N) is 1. The summed E-state index contributed by atoms with van der Waals surface area (Å²) in [5.74, 6) is -1.36. The third-order valence-electron chi connectivity index (χ3n) is 4.79. The summed E-state index contributed by atoms with van der Waals surface area (Å²) in [6, 6.07) is 5.58. The van der Waals surface area contributed by atoms with Crippen molar-refractivity contribution in [1.82, 2.24) is 15.6 Å². The zero-order valence-corrected chi connectivity index (χ0v) is 17.9. The molecule has 2 heterocycles. The molecule has 178 valence electrons. The van der Waals surface area contributed by atoms with Crippen LogP contribution >= 0.6 is 11.6 Å². The Morgan fingerprint density at radius 3 is 2.61 bits per heavy atom. The van der Waals surface area contributed by atoms with Gasteiger partial charge < -0.3 is 20.1 Å². The fourth-order valence-electron chi connectivity index (χ4n) is 3.05. The predicted molar refractivity (Wildman–Crippen MR) is 109 cm³/mol. The first-order valence-corrected chi connectivity index (χ1v) is 10.3. The lowest BCUT2D eigenvalue weighted by Gasteiger charge is -2.28. The second kappa shape index (κ2) is 10.8. The zero-order chi connectivity index (χ0) is 24.0. The Morgan fingerprint density at radius 1 is 1.21 bits per heavy atom. The van der Waals surface area contributed by atoms with Crippen molar-refractivity contribution in [1.29, 1.82) is 0 Å². The van der Waals surface area contributed by atoms with Crippen LogP contribution in [0.25, 0.3) is 0 Å². The molecule has 1 aromatic heterocycles. The summed E-state index contributed by atoms with van der Waals surface area (Å²) in [5.41, 5.74) is -0.593. The molecule has 2 amide bonds. The van der Waals surface area contributed by atoms with Gasteiger partial charge in [0.25, 0.3) is 5.91 Å². The minimum Gasteiger partial charge on any atom is -0.484 e. The van der Waals surface area contributed by atoms with Gasteiger partial charge in [-0.25, -0.2) is 4.39 Å². The Hall–Kier alpha value is -2.92. The van der Waals surface area contributed by atoms with Crippen molar-refractivity contribution < 1.29 is 36.6 Å². The number of aromatic nitrogens is 1. The molecule has 0 aliphatic carbocycles. The smallest absolute Gasteiger partial charge is 0.417 e. The first-order chi connectivity index (χ1) is 15.6. The van der Waals surface area contributed by atoms with Crippen LogP contribution in [0.2, 0.25) is 5.02 Å². The van der Waals surface area contributed by atoms with E-state index in [2.05, 4.69) is 15.6 Å². The lowest BCUT2D eigenvalue weighted by molar-refractivity contribution is -0.138. The van der Waals surface area contributed by atoms with Crippen LogP contribution in [0.15, 0.2) is 36.5 Å². The molecule has 3 rings (SSSR count). The van der Waals surface area contributed by atoms with E-state index in [0.717, 1.165) is 12.1 Å². The Morgan fingerprint density at radius 2 is 2.00 bits per heavy atom. The molecular weight excluding hydrogens is 470 g/mol. The highest BCUT2D eigenvalue weighted by Crippen LogP contribution is 2.28. The molecule has 1 fully saturated rings. The first-order valence-electron chi connectivity index (χ1n) is 9.90. The third-order valence-corrected chi connectivity index (χ3v) is 5.10. The Labute approximate surface area is 191 Å². The molecule has 7 nitrogen and oxygen atoms in total. The lowest BCUT2D eigenvalue weighted by atomic mass is 10.0. The Kier molecular flexibility index (Phi) is 8.09. The van der Waals surface area contributed by atoms with E-state index >= 15 is 0 Å². The first kappa shape index (κ1) is 24.7. The van der Waals surface area contributed by atoms with Crippen molar-refractivity contribution in [2.75, 3.05) is 13.2 Å². The van der Waals surface area contributed by atoms with E-state index in [1.807, 2.05) is 0 Å². The van der Waals surface area contributed by atoms with Gasteiger partial charge >= 0.3 is 6.18 Å². The number of hydrogen-bond acceptors (Lipinski definition) is 5. The number of pyridine rings is 1. The molecule has 1 aliphatic heterocycles. The van der Waals surface area contributed by atoms with Crippen molar-refractivity contribution >= 4 is 23.4 Å². The van der Waals surface area contributed by atoms with Gasteiger partial charge in [0.05, 0.1) is 35.5 Å². The lowest BCUT2D eigenvalue weighted by Crippen LogP contribution is -2.48. The van der Waals surface area contributed by atoms with Crippen molar-refractivity contribution in [2.45, 2.75) is 37.7 Å². The number of alkyl halides is 3. The van der Waals surface area contributed by atoms with E-state index in [-0.39, 0.29) is 42.3 Å². The summed E-state index contributed by atoms with van der Waals surface area (Å²) in [4.78, 5) is 28.0. The Bertz CT molecular complexity index is 980. The van der Waals surface area contributed by atoms with Crippen LogP contribution in [0.4, 0.5) is 17.6 Å². The fraction of sp³-hybridized carbons (Fsp3) is 0.381.